The van der Waals surface area contributed by atoms with Gasteiger partial charge in [-0.15, -0.1) is 11.3 Å². The Morgan fingerprint density at radius 2 is 2.11 bits per heavy atom. The van der Waals surface area contributed by atoms with Gasteiger partial charge >= 0.3 is 5.97 Å². The van der Waals surface area contributed by atoms with Crippen molar-refractivity contribution in [1.29, 1.82) is 0 Å². The van der Waals surface area contributed by atoms with E-state index in [0.717, 1.165) is 15.6 Å². The molecule has 0 saturated heterocycles. The molecule has 0 aliphatic carbocycles. The molecule has 0 aliphatic heterocycles. The standard InChI is InChI=1S/C9H11Cl2NO4S2/c1-2-12(4-3-7(13)14)18(15,16)8-5-6(10)9(11)17-8/h5H,2-4H2,1H3,(H,13,14). The van der Waals surface area contributed by atoms with Crippen molar-refractivity contribution in [1.82, 2.24) is 4.31 Å². The van der Waals surface area contributed by atoms with Gasteiger partial charge in [0, 0.05) is 13.1 Å². The first-order chi connectivity index (χ1) is 8.28. The van der Waals surface area contributed by atoms with Crippen molar-refractivity contribution in [3.05, 3.63) is 15.4 Å². The maximum atomic E-state index is 12.2. The third kappa shape index (κ3) is 3.58. The highest BCUT2D eigenvalue weighted by Crippen LogP contribution is 2.35. The predicted octanol–water partition coefficient (Wildman–Crippen LogP) is 2.54. The van der Waals surface area contributed by atoms with E-state index >= 15 is 0 Å². The molecule has 0 saturated carbocycles. The highest BCUT2D eigenvalue weighted by Gasteiger charge is 2.26. The number of hydrogen-bond acceptors (Lipinski definition) is 4. The molecule has 0 amide bonds. The minimum Gasteiger partial charge on any atom is -0.481 e. The molecule has 0 atom stereocenters. The zero-order valence-electron chi connectivity index (χ0n) is 9.39. The molecule has 0 unspecified atom stereocenters. The lowest BCUT2D eigenvalue weighted by Crippen LogP contribution is -2.32. The zero-order chi connectivity index (χ0) is 13.9. The van der Waals surface area contributed by atoms with E-state index in [1.54, 1.807) is 6.92 Å². The molecule has 0 radical (unpaired) electrons. The Bertz CT molecular complexity index is 521. The molecule has 5 nitrogen and oxygen atoms in total. The fraction of sp³-hybridized carbons (Fsp3) is 0.444. The van der Waals surface area contributed by atoms with Crippen LogP contribution in [-0.2, 0) is 14.8 Å². The van der Waals surface area contributed by atoms with Crippen molar-refractivity contribution in [3.8, 4) is 0 Å². The van der Waals surface area contributed by atoms with Crippen molar-refractivity contribution in [2.75, 3.05) is 13.1 Å². The first kappa shape index (κ1) is 15.7. The van der Waals surface area contributed by atoms with Crippen LogP contribution in [0, 0.1) is 0 Å². The van der Waals surface area contributed by atoms with E-state index in [2.05, 4.69) is 0 Å². The molecule has 1 heterocycles. The molecule has 0 spiro atoms. The highest BCUT2D eigenvalue weighted by molar-refractivity contribution is 7.91. The normalized spacial score (nSPS) is 12.0. The van der Waals surface area contributed by atoms with Gasteiger partial charge in [-0.05, 0) is 6.07 Å². The molecule has 1 rings (SSSR count). The third-order valence-corrected chi connectivity index (χ3v) is 6.43. The number of carbonyl (C=O) groups is 1. The third-order valence-electron chi connectivity index (χ3n) is 2.14. The van der Waals surface area contributed by atoms with Crippen LogP contribution in [0.5, 0.6) is 0 Å². The van der Waals surface area contributed by atoms with Gasteiger partial charge in [-0.1, -0.05) is 30.1 Å². The van der Waals surface area contributed by atoms with Crippen molar-refractivity contribution in [3.63, 3.8) is 0 Å². The van der Waals surface area contributed by atoms with E-state index in [0.29, 0.717) is 0 Å². The van der Waals surface area contributed by atoms with Gasteiger partial charge in [0.2, 0.25) is 0 Å². The van der Waals surface area contributed by atoms with Gasteiger partial charge in [-0.25, -0.2) is 8.42 Å². The fourth-order valence-electron chi connectivity index (χ4n) is 1.25. The molecular weight excluding hydrogens is 321 g/mol. The molecule has 102 valence electrons. The summed E-state index contributed by atoms with van der Waals surface area (Å²) < 4.78 is 25.6. The molecule has 1 N–H and O–H groups in total. The summed E-state index contributed by atoms with van der Waals surface area (Å²) in [5.41, 5.74) is 0. The summed E-state index contributed by atoms with van der Waals surface area (Å²) in [7, 11) is -3.73. The van der Waals surface area contributed by atoms with Crippen LogP contribution in [0.4, 0.5) is 0 Å². The molecule has 9 heteroatoms. The first-order valence-electron chi connectivity index (χ1n) is 4.95. The van der Waals surface area contributed by atoms with Crippen LogP contribution in [-0.4, -0.2) is 36.9 Å². The first-order valence-corrected chi connectivity index (χ1v) is 7.97. The highest BCUT2D eigenvalue weighted by atomic mass is 35.5. The number of sulfonamides is 1. The fourth-order valence-corrected chi connectivity index (χ4v) is 4.74. The maximum Gasteiger partial charge on any atom is 0.304 e. The zero-order valence-corrected chi connectivity index (χ0v) is 12.5. The Morgan fingerprint density at radius 3 is 2.50 bits per heavy atom. The van der Waals surface area contributed by atoms with Crippen molar-refractivity contribution < 1.29 is 18.3 Å². The largest absolute Gasteiger partial charge is 0.481 e. The SMILES string of the molecule is CCN(CCC(=O)O)S(=O)(=O)c1cc(Cl)c(Cl)s1. The lowest BCUT2D eigenvalue weighted by molar-refractivity contribution is -0.137. The number of aliphatic carboxylic acids is 1. The van der Waals surface area contributed by atoms with E-state index in [1.807, 2.05) is 0 Å². The molecule has 18 heavy (non-hydrogen) atoms. The van der Waals surface area contributed by atoms with E-state index in [4.69, 9.17) is 28.3 Å². The summed E-state index contributed by atoms with van der Waals surface area (Å²) in [6, 6.07) is 1.27. The van der Waals surface area contributed by atoms with Gasteiger partial charge in [-0.3, -0.25) is 4.79 Å². The van der Waals surface area contributed by atoms with Crippen LogP contribution in [0.15, 0.2) is 10.3 Å². The number of carboxylic acid groups (broad SMARTS) is 1. The van der Waals surface area contributed by atoms with Crippen molar-refractivity contribution in [2.24, 2.45) is 0 Å². The summed E-state index contributed by atoms with van der Waals surface area (Å²) in [5, 5.41) is 8.76. The van der Waals surface area contributed by atoms with Crippen LogP contribution in [0.3, 0.4) is 0 Å². The number of hydrogen-bond donors (Lipinski definition) is 1. The summed E-state index contributed by atoms with van der Waals surface area (Å²) in [5.74, 6) is -1.05. The summed E-state index contributed by atoms with van der Waals surface area (Å²) >= 11 is 12.3. The maximum absolute atomic E-state index is 12.2. The minimum absolute atomic E-state index is 0.0183. The van der Waals surface area contributed by atoms with Gasteiger partial charge in [0.15, 0.2) is 0 Å². The number of nitrogens with zero attached hydrogens (tertiary/aromatic N) is 1. The van der Waals surface area contributed by atoms with Gasteiger partial charge in [0.1, 0.15) is 8.55 Å². The predicted molar refractivity (Wildman–Crippen MR) is 71.0 cm³/mol. The smallest absolute Gasteiger partial charge is 0.304 e. The Morgan fingerprint density at radius 1 is 1.50 bits per heavy atom. The number of rotatable bonds is 6. The second kappa shape index (κ2) is 6.21. The van der Waals surface area contributed by atoms with E-state index < -0.39 is 16.0 Å². The Balaban J connectivity index is 2.99. The van der Waals surface area contributed by atoms with Gasteiger partial charge < -0.3 is 5.11 Å². The number of halogens is 2. The van der Waals surface area contributed by atoms with Crippen molar-refractivity contribution >= 4 is 50.5 Å². The second-order valence-corrected chi connectivity index (χ2v) is 7.55. The summed E-state index contributed by atoms with van der Waals surface area (Å²) in [6.45, 7) is 1.74. The van der Waals surface area contributed by atoms with Crippen LogP contribution in [0.1, 0.15) is 13.3 Å². The van der Waals surface area contributed by atoms with Crippen molar-refractivity contribution in [2.45, 2.75) is 17.6 Å². The Hall–Kier alpha value is -0.340. The van der Waals surface area contributed by atoms with Crippen LogP contribution >= 0.6 is 34.5 Å². The average Bonchev–Trinajstić information content (AvgIpc) is 2.60. The molecule has 1 aromatic rings. The molecule has 0 aromatic carbocycles. The second-order valence-electron chi connectivity index (χ2n) is 3.33. The summed E-state index contributed by atoms with van der Waals surface area (Å²) in [6.07, 6.45) is -0.250. The molecule has 0 fully saturated rings. The molecule has 1 aromatic heterocycles. The number of carboxylic acids is 1. The quantitative estimate of drug-likeness (QED) is 0.869. The minimum atomic E-state index is -3.73. The van der Waals surface area contributed by atoms with E-state index in [9.17, 15) is 13.2 Å². The molecule has 0 aliphatic rings. The summed E-state index contributed by atoms with van der Waals surface area (Å²) in [4.78, 5) is 10.5. The molecule has 0 bridgehead atoms. The lowest BCUT2D eigenvalue weighted by atomic mass is 10.4. The average molecular weight is 332 g/mol. The molecular formula is C9H11Cl2NO4S2. The topological polar surface area (TPSA) is 74.7 Å². The van der Waals surface area contributed by atoms with E-state index in [-0.39, 0.29) is 33.1 Å². The Kier molecular flexibility index (Phi) is 5.42. The van der Waals surface area contributed by atoms with Gasteiger partial charge in [0.25, 0.3) is 10.0 Å². The lowest BCUT2D eigenvalue weighted by Gasteiger charge is -2.18. The number of thiophene rings is 1. The van der Waals surface area contributed by atoms with Crippen LogP contribution in [0.25, 0.3) is 0 Å². The van der Waals surface area contributed by atoms with E-state index in [1.165, 1.54) is 6.07 Å². The van der Waals surface area contributed by atoms with Gasteiger partial charge in [0.05, 0.1) is 11.4 Å². The Labute approximate surface area is 119 Å². The van der Waals surface area contributed by atoms with Crippen LogP contribution in [0.2, 0.25) is 9.36 Å². The monoisotopic (exact) mass is 331 g/mol. The van der Waals surface area contributed by atoms with Gasteiger partial charge in [-0.2, -0.15) is 4.31 Å². The van der Waals surface area contributed by atoms with Crippen LogP contribution < -0.4 is 0 Å².